The Morgan fingerprint density at radius 2 is 1.78 bits per heavy atom. The molecule has 8 rings (SSSR count). The fourth-order valence-electron chi connectivity index (χ4n) is 9.70. The van der Waals surface area contributed by atoms with Crippen LogP contribution >= 0.6 is 0 Å². The van der Waals surface area contributed by atoms with Crippen LogP contribution in [0.5, 0.6) is 0 Å². The number of aliphatic hydroxyl groups is 6. The average Bonchev–Trinajstić information content (AvgIpc) is 3.54. The van der Waals surface area contributed by atoms with E-state index in [1.165, 1.54) is 0 Å². The number of benzene rings is 1. The number of fused-ring (bicyclic) bond motifs is 2. The van der Waals surface area contributed by atoms with Crippen molar-refractivity contribution in [1.82, 2.24) is 9.88 Å². The Morgan fingerprint density at radius 3 is 2.56 bits per heavy atom. The van der Waals surface area contributed by atoms with Crippen LogP contribution in [0.2, 0.25) is 0 Å². The van der Waals surface area contributed by atoms with Crippen LogP contribution in [-0.2, 0) is 10.3 Å². The lowest BCUT2D eigenvalue weighted by Gasteiger charge is -2.57. The molecule has 41 heavy (non-hydrogen) atoms. The summed E-state index contributed by atoms with van der Waals surface area (Å²) in [5.41, 5.74) is -1.47. The number of rotatable bonds is 2. The molecule has 3 aliphatic heterocycles. The van der Waals surface area contributed by atoms with Crippen molar-refractivity contribution in [2.75, 3.05) is 13.1 Å². The van der Waals surface area contributed by atoms with E-state index in [0.29, 0.717) is 43.2 Å². The Labute approximate surface area is 238 Å². The van der Waals surface area contributed by atoms with Crippen LogP contribution in [-0.4, -0.2) is 101 Å². The third kappa shape index (κ3) is 3.21. The number of hydrogen-bond donors (Lipinski definition) is 6. The fourth-order valence-corrected chi connectivity index (χ4v) is 9.70. The number of likely N-dealkylation sites (tertiary alicyclic amines) is 1. The molecule has 2 unspecified atom stereocenters. The van der Waals surface area contributed by atoms with Crippen LogP contribution in [0, 0.1) is 11.3 Å². The summed E-state index contributed by atoms with van der Waals surface area (Å²) in [6.45, 7) is 2.51. The summed E-state index contributed by atoms with van der Waals surface area (Å²) in [7, 11) is 0. The van der Waals surface area contributed by atoms with Gasteiger partial charge in [-0.3, -0.25) is 9.88 Å². The molecule has 2 bridgehead atoms. The molecule has 1 aromatic carbocycles. The highest BCUT2D eigenvalue weighted by Gasteiger charge is 2.73. The smallest absolute Gasteiger partial charge is 0.121 e. The summed E-state index contributed by atoms with van der Waals surface area (Å²) < 4.78 is 7.18. The van der Waals surface area contributed by atoms with Crippen molar-refractivity contribution in [3.8, 4) is 0 Å². The first-order chi connectivity index (χ1) is 19.5. The van der Waals surface area contributed by atoms with Gasteiger partial charge < -0.3 is 35.4 Å². The van der Waals surface area contributed by atoms with E-state index < -0.39 is 58.8 Å². The van der Waals surface area contributed by atoms with Crippen molar-refractivity contribution in [1.29, 1.82) is 0 Å². The van der Waals surface area contributed by atoms with Crippen molar-refractivity contribution < 1.29 is 35.4 Å². The summed E-state index contributed by atoms with van der Waals surface area (Å²) >= 11 is 0. The number of aromatic nitrogens is 1. The second-order valence-corrected chi connectivity index (χ2v) is 13.7. The zero-order valence-electron chi connectivity index (χ0n) is 23.1. The zero-order chi connectivity index (χ0) is 28.5. The number of β-amino-alcohol motifs (C(OH)–C–C–N with tert-alkyl or cyclic N) is 2. The Hall–Kier alpha value is -2.21. The zero-order valence-corrected chi connectivity index (χ0v) is 23.1. The van der Waals surface area contributed by atoms with Crippen LogP contribution in [0.1, 0.15) is 44.6 Å². The standard InChI is InChI=1S/C32H38N2O7/c1-29-6-4-19-11-21-27(38)28(39)22(34-15-23(35)24(36)16-34)13-30(21)7-8-31(19,41-30)25(29)12-26(37)32(29,40)20-3-2-17-5-9-33-14-18(17)10-20/h2-5,9-11,14,22-28,35-40H,6-8,12-13,15-16H2,1H3/t22-,23-,24-,25+,26+,27?,28-,29-,30+,31?,32+/m0/s1. The molecule has 4 heterocycles. The van der Waals surface area contributed by atoms with Crippen LogP contribution in [0.25, 0.3) is 10.8 Å². The van der Waals surface area contributed by atoms with Crippen LogP contribution in [0.3, 0.4) is 0 Å². The Kier molecular flexibility index (Phi) is 5.45. The van der Waals surface area contributed by atoms with Crippen LogP contribution in [0.15, 0.2) is 60.0 Å². The van der Waals surface area contributed by atoms with Gasteiger partial charge in [0, 0.05) is 48.2 Å². The minimum Gasteiger partial charge on any atom is -0.390 e. The SMILES string of the molecule is C[C@]12CC=C3C=C4C(O)[C@@H](O)[C@@H](N5C[C@H](O)[C@@H](O)C5)C[C@]45CCC3(O5)[C@@H]1C[C@@H](O)[C@]2(O)c1ccc2ccncc2c1. The van der Waals surface area contributed by atoms with Crippen molar-refractivity contribution in [3.05, 3.63) is 65.5 Å². The van der Waals surface area contributed by atoms with Crippen LogP contribution in [0.4, 0.5) is 0 Å². The molecule has 1 aromatic heterocycles. The predicted octanol–water partition coefficient (Wildman–Crippen LogP) is 0.899. The fraction of sp³-hybridized carbons (Fsp3) is 0.594. The molecule has 9 heteroatoms. The van der Waals surface area contributed by atoms with Gasteiger partial charge in [-0.2, -0.15) is 0 Å². The topological polar surface area (TPSA) is 147 Å². The Balaban J connectivity index is 1.19. The van der Waals surface area contributed by atoms with Crippen LogP contribution < -0.4 is 0 Å². The number of ether oxygens (including phenoxy) is 1. The number of allylic oxidation sites excluding steroid dienone is 1. The Bertz CT molecular complexity index is 1490. The monoisotopic (exact) mass is 562 g/mol. The highest BCUT2D eigenvalue weighted by atomic mass is 16.5. The molecule has 2 saturated carbocycles. The van der Waals surface area contributed by atoms with E-state index >= 15 is 0 Å². The molecule has 2 spiro atoms. The van der Waals surface area contributed by atoms with Gasteiger partial charge in [0.05, 0.1) is 35.6 Å². The predicted molar refractivity (Wildman–Crippen MR) is 148 cm³/mol. The summed E-state index contributed by atoms with van der Waals surface area (Å²) in [4.78, 5) is 6.11. The first-order valence-electron chi connectivity index (χ1n) is 14.9. The quantitative estimate of drug-likeness (QED) is 0.314. The minimum atomic E-state index is -1.51. The highest BCUT2D eigenvalue weighted by molar-refractivity contribution is 5.82. The molecule has 0 radical (unpaired) electrons. The molecular formula is C32H38N2O7. The molecule has 11 atom stereocenters. The molecule has 6 aliphatic rings. The number of hydrogen-bond acceptors (Lipinski definition) is 9. The molecular weight excluding hydrogens is 524 g/mol. The molecule has 6 N–H and O–H groups in total. The van der Waals surface area contributed by atoms with E-state index in [2.05, 4.69) is 18.0 Å². The second-order valence-electron chi connectivity index (χ2n) is 13.7. The molecule has 218 valence electrons. The maximum absolute atomic E-state index is 12.5. The maximum Gasteiger partial charge on any atom is 0.121 e. The van der Waals surface area contributed by atoms with Gasteiger partial charge >= 0.3 is 0 Å². The van der Waals surface area contributed by atoms with Crippen molar-refractivity contribution in [3.63, 3.8) is 0 Å². The first-order valence-corrected chi connectivity index (χ1v) is 14.9. The van der Waals surface area contributed by atoms with Crippen molar-refractivity contribution in [2.24, 2.45) is 11.3 Å². The van der Waals surface area contributed by atoms with Gasteiger partial charge in [-0.1, -0.05) is 31.2 Å². The van der Waals surface area contributed by atoms with E-state index in [0.717, 1.165) is 16.3 Å². The van der Waals surface area contributed by atoms with Gasteiger partial charge in [0.1, 0.15) is 11.7 Å². The lowest BCUT2D eigenvalue weighted by molar-refractivity contribution is -0.187. The van der Waals surface area contributed by atoms with Crippen molar-refractivity contribution >= 4 is 10.8 Å². The minimum absolute atomic E-state index is 0.186. The summed E-state index contributed by atoms with van der Waals surface area (Å²) in [5.74, 6) is -0.186. The molecule has 3 aliphatic carbocycles. The third-order valence-electron chi connectivity index (χ3n) is 11.9. The number of aliphatic hydroxyl groups excluding tert-OH is 5. The lowest BCUT2D eigenvalue weighted by atomic mass is 9.56. The third-order valence-corrected chi connectivity index (χ3v) is 11.9. The lowest BCUT2D eigenvalue weighted by Crippen LogP contribution is -2.63. The second kappa shape index (κ2) is 8.45. The first kappa shape index (κ1) is 26.4. The molecule has 9 nitrogen and oxygen atoms in total. The van der Waals surface area contributed by atoms with Gasteiger partial charge in [0.25, 0.3) is 0 Å². The number of nitrogens with zero attached hydrogens (tertiary/aromatic N) is 2. The van der Waals surface area contributed by atoms with Gasteiger partial charge in [0.15, 0.2) is 0 Å². The van der Waals surface area contributed by atoms with E-state index in [-0.39, 0.29) is 19.0 Å². The number of pyridine rings is 1. The molecule has 2 aromatic rings. The largest absolute Gasteiger partial charge is 0.390 e. The van der Waals surface area contributed by atoms with Crippen molar-refractivity contribution in [2.45, 2.75) is 92.4 Å². The van der Waals surface area contributed by atoms with E-state index in [4.69, 9.17) is 4.74 Å². The van der Waals surface area contributed by atoms with Gasteiger partial charge in [-0.05, 0) is 66.3 Å². The average molecular weight is 563 g/mol. The molecule has 4 fully saturated rings. The van der Waals surface area contributed by atoms with Gasteiger partial charge in [-0.15, -0.1) is 0 Å². The van der Waals surface area contributed by atoms with E-state index in [1.54, 1.807) is 12.4 Å². The normalized spacial score (nSPS) is 48.9. The highest BCUT2D eigenvalue weighted by Crippen LogP contribution is 2.70. The van der Waals surface area contributed by atoms with E-state index in [1.807, 2.05) is 35.2 Å². The van der Waals surface area contributed by atoms with E-state index in [9.17, 15) is 30.6 Å². The maximum atomic E-state index is 12.5. The molecule has 2 saturated heterocycles. The summed E-state index contributed by atoms with van der Waals surface area (Å²) in [6.07, 6.45) is 5.26. The van der Waals surface area contributed by atoms with Gasteiger partial charge in [-0.25, -0.2) is 0 Å². The summed E-state index contributed by atoms with van der Waals surface area (Å²) in [5, 5.41) is 69.0. The summed E-state index contributed by atoms with van der Waals surface area (Å²) in [6, 6.07) is 7.26. The Morgan fingerprint density at radius 1 is 1.00 bits per heavy atom. The van der Waals surface area contributed by atoms with Gasteiger partial charge in [0.2, 0.25) is 0 Å². The molecule has 0 amide bonds.